The molecule has 150 valence electrons. The van der Waals surface area contributed by atoms with Crippen molar-refractivity contribution >= 4 is 11.8 Å². The minimum Gasteiger partial charge on any atom is -0.497 e. The van der Waals surface area contributed by atoms with Crippen LogP contribution in [0.2, 0.25) is 0 Å². The van der Waals surface area contributed by atoms with Crippen LogP contribution in [0.5, 0.6) is 5.75 Å². The predicted octanol–water partition coefficient (Wildman–Crippen LogP) is 2.08. The van der Waals surface area contributed by atoms with E-state index in [1.54, 1.807) is 7.11 Å². The number of piperazine rings is 1. The number of carbonyl (C=O) groups is 2. The molecule has 1 atom stereocenters. The number of nitrogens with zero attached hydrogens (tertiary/aromatic N) is 2. The molecule has 0 aliphatic carbocycles. The SMILES string of the molecule is COc1ccc(CCC(=O)N2CCN([C@@H](C)C(=O)NC(C)(C)C)CC2)cc1. The lowest BCUT2D eigenvalue weighted by Gasteiger charge is -2.38. The van der Waals surface area contributed by atoms with Crippen molar-refractivity contribution in [1.82, 2.24) is 15.1 Å². The van der Waals surface area contributed by atoms with Gasteiger partial charge in [0.15, 0.2) is 0 Å². The lowest BCUT2D eigenvalue weighted by atomic mass is 10.1. The highest BCUT2D eigenvalue weighted by molar-refractivity contribution is 5.82. The predicted molar refractivity (Wildman–Crippen MR) is 107 cm³/mol. The summed E-state index contributed by atoms with van der Waals surface area (Å²) in [5.74, 6) is 1.05. The van der Waals surface area contributed by atoms with Gasteiger partial charge >= 0.3 is 0 Å². The molecule has 1 aliphatic heterocycles. The summed E-state index contributed by atoms with van der Waals surface area (Å²) in [7, 11) is 1.64. The Kier molecular flexibility index (Phi) is 7.25. The summed E-state index contributed by atoms with van der Waals surface area (Å²) in [6.07, 6.45) is 1.24. The molecule has 6 heteroatoms. The largest absolute Gasteiger partial charge is 0.497 e. The fourth-order valence-electron chi connectivity index (χ4n) is 3.20. The first-order valence-electron chi connectivity index (χ1n) is 9.66. The van der Waals surface area contributed by atoms with E-state index < -0.39 is 0 Å². The monoisotopic (exact) mass is 375 g/mol. The van der Waals surface area contributed by atoms with E-state index >= 15 is 0 Å². The Morgan fingerprint density at radius 3 is 2.22 bits per heavy atom. The molecule has 27 heavy (non-hydrogen) atoms. The quantitative estimate of drug-likeness (QED) is 0.827. The third-order valence-electron chi connectivity index (χ3n) is 4.88. The molecule has 6 nitrogen and oxygen atoms in total. The van der Waals surface area contributed by atoms with Crippen molar-refractivity contribution in [3.05, 3.63) is 29.8 Å². The van der Waals surface area contributed by atoms with E-state index in [1.165, 1.54) is 0 Å². The Bertz CT molecular complexity index is 629. The van der Waals surface area contributed by atoms with Crippen molar-refractivity contribution in [1.29, 1.82) is 0 Å². The average Bonchev–Trinajstić information content (AvgIpc) is 2.64. The normalized spacial score (nSPS) is 16.7. The van der Waals surface area contributed by atoms with Crippen LogP contribution in [0, 0.1) is 0 Å². The summed E-state index contributed by atoms with van der Waals surface area (Å²) in [6, 6.07) is 7.66. The molecule has 1 aliphatic rings. The molecule has 0 saturated carbocycles. The Morgan fingerprint density at radius 1 is 1.11 bits per heavy atom. The Hall–Kier alpha value is -2.08. The molecule has 0 bridgehead atoms. The fraction of sp³-hybridized carbons (Fsp3) is 0.619. The van der Waals surface area contributed by atoms with Crippen LogP contribution in [0.4, 0.5) is 0 Å². The molecule has 2 amide bonds. The average molecular weight is 376 g/mol. The second kappa shape index (κ2) is 9.22. The first kappa shape index (κ1) is 21.2. The number of amides is 2. The van der Waals surface area contributed by atoms with E-state index in [4.69, 9.17) is 4.74 Å². The highest BCUT2D eigenvalue weighted by Gasteiger charge is 2.28. The van der Waals surface area contributed by atoms with Crippen molar-refractivity contribution < 1.29 is 14.3 Å². The number of benzene rings is 1. The summed E-state index contributed by atoms with van der Waals surface area (Å²) in [5.41, 5.74) is 0.903. The van der Waals surface area contributed by atoms with Crippen molar-refractivity contribution in [2.24, 2.45) is 0 Å². The molecule has 1 aromatic carbocycles. The Balaban J connectivity index is 1.77. The number of nitrogens with one attached hydrogen (secondary N) is 1. The van der Waals surface area contributed by atoms with Gasteiger partial charge in [0.05, 0.1) is 13.2 Å². The van der Waals surface area contributed by atoms with E-state index in [9.17, 15) is 9.59 Å². The van der Waals surface area contributed by atoms with Crippen LogP contribution >= 0.6 is 0 Å². The van der Waals surface area contributed by atoms with Crippen LogP contribution in [-0.2, 0) is 16.0 Å². The van der Waals surface area contributed by atoms with E-state index in [2.05, 4.69) is 10.2 Å². The van der Waals surface area contributed by atoms with Crippen LogP contribution in [-0.4, -0.2) is 66.5 Å². The molecule has 0 aromatic heterocycles. The number of hydrogen-bond donors (Lipinski definition) is 1. The van der Waals surface area contributed by atoms with Crippen LogP contribution in [0.15, 0.2) is 24.3 Å². The van der Waals surface area contributed by atoms with Crippen molar-refractivity contribution in [2.75, 3.05) is 33.3 Å². The second-order valence-corrected chi connectivity index (χ2v) is 8.18. The van der Waals surface area contributed by atoms with Gasteiger partial charge in [-0.1, -0.05) is 12.1 Å². The molecule has 1 saturated heterocycles. The van der Waals surface area contributed by atoms with E-state index in [0.717, 1.165) is 30.8 Å². The van der Waals surface area contributed by atoms with Gasteiger partial charge in [-0.2, -0.15) is 0 Å². The number of methoxy groups -OCH3 is 1. The van der Waals surface area contributed by atoms with E-state index in [1.807, 2.05) is 56.9 Å². The minimum absolute atomic E-state index is 0.0433. The van der Waals surface area contributed by atoms with Gasteiger partial charge in [0.2, 0.25) is 11.8 Å². The zero-order chi connectivity index (χ0) is 20.0. The molecule has 0 unspecified atom stereocenters. The zero-order valence-electron chi connectivity index (χ0n) is 17.2. The number of hydrogen-bond acceptors (Lipinski definition) is 4. The minimum atomic E-state index is -0.232. The molecule has 1 fully saturated rings. The maximum atomic E-state index is 12.5. The standard InChI is InChI=1S/C21H33N3O3/c1-16(20(26)22-21(2,3)4)23-12-14-24(15-13-23)19(25)11-8-17-6-9-18(27-5)10-7-17/h6-7,9-10,16H,8,11-15H2,1-5H3,(H,22,26)/t16-/m0/s1. The summed E-state index contributed by atoms with van der Waals surface area (Å²) in [5, 5.41) is 3.03. The second-order valence-electron chi connectivity index (χ2n) is 8.18. The molecule has 2 rings (SSSR count). The Labute approximate surface area is 162 Å². The van der Waals surface area contributed by atoms with Crippen LogP contribution in [0.3, 0.4) is 0 Å². The first-order chi connectivity index (χ1) is 12.7. The molecular weight excluding hydrogens is 342 g/mol. The highest BCUT2D eigenvalue weighted by atomic mass is 16.5. The molecule has 1 aromatic rings. The van der Waals surface area contributed by atoms with Crippen LogP contribution in [0.1, 0.15) is 39.7 Å². The van der Waals surface area contributed by atoms with Gasteiger partial charge in [0.1, 0.15) is 5.75 Å². The number of rotatable bonds is 6. The summed E-state index contributed by atoms with van der Waals surface area (Å²) in [4.78, 5) is 28.9. The maximum absolute atomic E-state index is 12.5. The van der Waals surface area contributed by atoms with E-state index in [-0.39, 0.29) is 23.4 Å². The summed E-state index contributed by atoms with van der Waals surface area (Å²) < 4.78 is 5.15. The van der Waals surface area contributed by atoms with Gasteiger partial charge in [-0.3, -0.25) is 14.5 Å². The maximum Gasteiger partial charge on any atom is 0.237 e. The van der Waals surface area contributed by atoms with Crippen molar-refractivity contribution in [3.63, 3.8) is 0 Å². The lowest BCUT2D eigenvalue weighted by Crippen LogP contribution is -2.56. The van der Waals surface area contributed by atoms with Gasteiger partial charge in [-0.05, 0) is 51.8 Å². The molecule has 0 radical (unpaired) electrons. The number of carbonyl (C=O) groups excluding carboxylic acids is 2. The van der Waals surface area contributed by atoms with Gasteiger partial charge in [-0.15, -0.1) is 0 Å². The number of aryl methyl sites for hydroxylation is 1. The molecule has 1 heterocycles. The highest BCUT2D eigenvalue weighted by Crippen LogP contribution is 2.14. The topological polar surface area (TPSA) is 61.9 Å². The summed E-state index contributed by atoms with van der Waals surface area (Å²) >= 11 is 0. The smallest absolute Gasteiger partial charge is 0.237 e. The first-order valence-corrected chi connectivity index (χ1v) is 9.66. The molecule has 1 N–H and O–H groups in total. The van der Waals surface area contributed by atoms with Gasteiger partial charge in [0, 0.05) is 38.1 Å². The third kappa shape index (κ3) is 6.54. The number of ether oxygens (including phenoxy) is 1. The zero-order valence-corrected chi connectivity index (χ0v) is 17.2. The fourth-order valence-corrected chi connectivity index (χ4v) is 3.20. The Morgan fingerprint density at radius 2 is 1.70 bits per heavy atom. The van der Waals surface area contributed by atoms with Gasteiger partial charge < -0.3 is 15.0 Å². The third-order valence-corrected chi connectivity index (χ3v) is 4.88. The van der Waals surface area contributed by atoms with E-state index in [0.29, 0.717) is 19.5 Å². The van der Waals surface area contributed by atoms with Crippen molar-refractivity contribution in [3.8, 4) is 5.75 Å². The van der Waals surface area contributed by atoms with Gasteiger partial charge in [-0.25, -0.2) is 0 Å². The lowest BCUT2D eigenvalue weighted by molar-refractivity contribution is -0.134. The summed E-state index contributed by atoms with van der Waals surface area (Å²) in [6.45, 7) is 10.7. The van der Waals surface area contributed by atoms with Crippen molar-refractivity contribution in [2.45, 2.75) is 52.1 Å². The van der Waals surface area contributed by atoms with Crippen LogP contribution in [0.25, 0.3) is 0 Å². The molecule has 0 spiro atoms. The van der Waals surface area contributed by atoms with Gasteiger partial charge in [0.25, 0.3) is 0 Å². The molecular formula is C21H33N3O3. The van der Waals surface area contributed by atoms with Crippen LogP contribution < -0.4 is 10.1 Å².